The first kappa shape index (κ1) is 17.2. The van der Waals surface area contributed by atoms with Crippen molar-refractivity contribution in [2.45, 2.75) is 13.0 Å². The van der Waals surface area contributed by atoms with Gasteiger partial charge in [-0.15, -0.1) is 0 Å². The summed E-state index contributed by atoms with van der Waals surface area (Å²) >= 11 is 0. The second kappa shape index (κ2) is 7.94. The molecule has 0 aromatic carbocycles. The molecule has 0 spiro atoms. The van der Waals surface area contributed by atoms with Gasteiger partial charge in [-0.2, -0.15) is 0 Å². The Bertz CT molecular complexity index is 724. The molecule has 2 aromatic heterocycles. The van der Waals surface area contributed by atoms with E-state index < -0.39 is 0 Å². The van der Waals surface area contributed by atoms with Gasteiger partial charge in [0.1, 0.15) is 11.9 Å². The van der Waals surface area contributed by atoms with Crippen molar-refractivity contribution in [3.05, 3.63) is 48.0 Å². The fourth-order valence-corrected chi connectivity index (χ4v) is 2.73. The molecule has 1 aliphatic rings. The van der Waals surface area contributed by atoms with Gasteiger partial charge < -0.3 is 19.7 Å². The minimum atomic E-state index is -0.233. The Morgan fingerprint density at radius 2 is 2.36 bits per heavy atom. The summed E-state index contributed by atoms with van der Waals surface area (Å²) in [7, 11) is 1.87. The van der Waals surface area contributed by atoms with Crippen molar-refractivity contribution in [3.8, 4) is 5.75 Å². The molecular weight excluding hydrogens is 320 g/mol. The van der Waals surface area contributed by atoms with E-state index in [1.807, 2.05) is 26.1 Å². The predicted octanol–water partition coefficient (Wildman–Crippen LogP) is 1.81. The molecule has 3 rings (SSSR count). The summed E-state index contributed by atoms with van der Waals surface area (Å²) in [5.74, 6) is 0.512. The maximum atomic E-state index is 12.4. The molecule has 1 fully saturated rings. The summed E-state index contributed by atoms with van der Waals surface area (Å²) in [5, 5.41) is 3.12. The quantitative estimate of drug-likeness (QED) is 0.893. The number of hydrogen-bond acceptors (Lipinski definition) is 6. The lowest BCUT2D eigenvalue weighted by molar-refractivity contribution is -0.141. The standard InChI is InChI=1S/C18H22N4O3/c1-13-8-14(19-2)9-16(21-13)17-11-22(6-7-24-17)18(23)12-25-15-4-3-5-20-10-15/h3-5,8-10,17H,6-7,11-12H2,1-2H3,(H,19,21)/t17-/m1/s1. The van der Waals surface area contributed by atoms with Crippen LogP contribution in [0.4, 0.5) is 5.69 Å². The normalized spacial score (nSPS) is 17.2. The number of aryl methyl sites for hydroxylation is 1. The van der Waals surface area contributed by atoms with Gasteiger partial charge in [-0.05, 0) is 31.2 Å². The van der Waals surface area contributed by atoms with E-state index in [2.05, 4.69) is 15.3 Å². The van der Waals surface area contributed by atoms with Crippen molar-refractivity contribution in [2.24, 2.45) is 0 Å². The zero-order valence-electron chi connectivity index (χ0n) is 14.4. The van der Waals surface area contributed by atoms with Crippen molar-refractivity contribution >= 4 is 11.6 Å². The molecule has 0 unspecified atom stereocenters. The maximum Gasteiger partial charge on any atom is 0.260 e. The van der Waals surface area contributed by atoms with E-state index in [0.717, 1.165) is 17.1 Å². The Labute approximate surface area is 147 Å². The van der Waals surface area contributed by atoms with Crippen LogP contribution in [0, 0.1) is 6.92 Å². The highest BCUT2D eigenvalue weighted by molar-refractivity contribution is 5.78. The monoisotopic (exact) mass is 342 g/mol. The van der Waals surface area contributed by atoms with E-state index in [-0.39, 0.29) is 18.6 Å². The van der Waals surface area contributed by atoms with E-state index >= 15 is 0 Å². The predicted molar refractivity (Wildman–Crippen MR) is 93.5 cm³/mol. The second-order valence-corrected chi connectivity index (χ2v) is 5.85. The van der Waals surface area contributed by atoms with Gasteiger partial charge in [-0.1, -0.05) is 0 Å². The van der Waals surface area contributed by atoms with Gasteiger partial charge in [-0.3, -0.25) is 14.8 Å². The topological polar surface area (TPSA) is 76.6 Å². The molecule has 1 atom stereocenters. The number of rotatable bonds is 5. The van der Waals surface area contributed by atoms with Crippen LogP contribution in [0.1, 0.15) is 17.5 Å². The molecule has 0 aliphatic carbocycles. The summed E-state index contributed by atoms with van der Waals surface area (Å²) in [6, 6.07) is 7.47. The summed E-state index contributed by atoms with van der Waals surface area (Å²) in [4.78, 5) is 22.7. The Morgan fingerprint density at radius 1 is 1.48 bits per heavy atom. The van der Waals surface area contributed by atoms with Gasteiger partial charge in [0.05, 0.1) is 25.0 Å². The molecule has 2 aromatic rings. The molecule has 1 saturated heterocycles. The molecule has 0 saturated carbocycles. The van der Waals surface area contributed by atoms with Crippen LogP contribution in [0.25, 0.3) is 0 Å². The smallest absolute Gasteiger partial charge is 0.260 e. The van der Waals surface area contributed by atoms with Gasteiger partial charge in [0.2, 0.25) is 0 Å². The molecule has 1 aliphatic heterocycles. The number of ether oxygens (including phenoxy) is 2. The Morgan fingerprint density at radius 3 is 3.12 bits per heavy atom. The highest BCUT2D eigenvalue weighted by Gasteiger charge is 2.27. The van der Waals surface area contributed by atoms with E-state index in [0.29, 0.717) is 25.4 Å². The van der Waals surface area contributed by atoms with Crippen LogP contribution >= 0.6 is 0 Å². The van der Waals surface area contributed by atoms with E-state index in [1.165, 1.54) is 0 Å². The Hall–Kier alpha value is -2.67. The molecule has 7 nitrogen and oxygen atoms in total. The van der Waals surface area contributed by atoms with Crippen molar-refractivity contribution in [1.29, 1.82) is 0 Å². The van der Waals surface area contributed by atoms with Crippen LogP contribution in [-0.4, -0.2) is 54.1 Å². The molecule has 1 N–H and O–H groups in total. The van der Waals surface area contributed by atoms with Crippen LogP contribution in [0.15, 0.2) is 36.7 Å². The zero-order valence-corrected chi connectivity index (χ0v) is 14.4. The minimum absolute atomic E-state index is 0.0125. The third-order valence-electron chi connectivity index (χ3n) is 4.01. The molecule has 132 valence electrons. The molecule has 7 heteroatoms. The second-order valence-electron chi connectivity index (χ2n) is 5.85. The van der Waals surface area contributed by atoms with Crippen LogP contribution < -0.4 is 10.1 Å². The van der Waals surface area contributed by atoms with Gasteiger partial charge in [-0.25, -0.2) is 0 Å². The van der Waals surface area contributed by atoms with Crippen LogP contribution in [-0.2, 0) is 9.53 Å². The van der Waals surface area contributed by atoms with Crippen molar-refractivity contribution < 1.29 is 14.3 Å². The molecule has 3 heterocycles. The lowest BCUT2D eigenvalue weighted by Crippen LogP contribution is -2.44. The first-order chi connectivity index (χ1) is 12.2. The average molecular weight is 342 g/mol. The van der Waals surface area contributed by atoms with Gasteiger partial charge in [0.15, 0.2) is 6.61 Å². The molecule has 0 radical (unpaired) electrons. The lowest BCUT2D eigenvalue weighted by Gasteiger charge is -2.32. The summed E-state index contributed by atoms with van der Waals surface area (Å²) < 4.78 is 11.3. The van der Waals surface area contributed by atoms with E-state index in [1.54, 1.807) is 29.4 Å². The SMILES string of the molecule is CNc1cc(C)nc([C@H]2CN(C(=O)COc3cccnc3)CCO2)c1. The summed E-state index contributed by atoms with van der Waals surface area (Å²) in [6.45, 7) is 3.43. The number of carbonyl (C=O) groups excluding carboxylic acids is 1. The van der Waals surface area contributed by atoms with Gasteiger partial charge in [0.25, 0.3) is 5.91 Å². The summed E-state index contributed by atoms with van der Waals surface area (Å²) in [6.07, 6.45) is 3.02. The number of morpholine rings is 1. The highest BCUT2D eigenvalue weighted by atomic mass is 16.5. The number of carbonyl (C=O) groups is 1. The number of nitrogens with one attached hydrogen (secondary N) is 1. The average Bonchev–Trinajstić information content (AvgIpc) is 2.66. The molecule has 25 heavy (non-hydrogen) atoms. The van der Waals surface area contributed by atoms with Crippen LogP contribution in [0.2, 0.25) is 0 Å². The van der Waals surface area contributed by atoms with Crippen LogP contribution in [0.3, 0.4) is 0 Å². The number of aromatic nitrogens is 2. The highest BCUT2D eigenvalue weighted by Crippen LogP contribution is 2.24. The fourth-order valence-electron chi connectivity index (χ4n) is 2.73. The molecule has 0 bridgehead atoms. The Kier molecular flexibility index (Phi) is 5.45. The lowest BCUT2D eigenvalue weighted by atomic mass is 10.1. The van der Waals surface area contributed by atoms with Crippen molar-refractivity contribution in [2.75, 3.05) is 38.7 Å². The van der Waals surface area contributed by atoms with Gasteiger partial charge in [0, 0.05) is 31.2 Å². The number of hydrogen-bond donors (Lipinski definition) is 1. The van der Waals surface area contributed by atoms with E-state index in [4.69, 9.17) is 9.47 Å². The molecule has 1 amide bonds. The largest absolute Gasteiger partial charge is 0.482 e. The summed E-state index contributed by atoms with van der Waals surface area (Å²) in [5.41, 5.74) is 2.72. The van der Waals surface area contributed by atoms with Crippen molar-refractivity contribution in [3.63, 3.8) is 0 Å². The maximum absolute atomic E-state index is 12.4. The number of anilines is 1. The number of amides is 1. The molecular formula is C18H22N4O3. The van der Waals surface area contributed by atoms with E-state index in [9.17, 15) is 4.79 Å². The van der Waals surface area contributed by atoms with Crippen molar-refractivity contribution in [1.82, 2.24) is 14.9 Å². The Balaban J connectivity index is 1.62. The van der Waals surface area contributed by atoms with Gasteiger partial charge >= 0.3 is 0 Å². The first-order valence-corrected chi connectivity index (χ1v) is 8.24. The number of pyridine rings is 2. The third kappa shape index (κ3) is 4.45. The minimum Gasteiger partial charge on any atom is -0.482 e. The fraction of sp³-hybridized carbons (Fsp3) is 0.389. The number of nitrogens with zero attached hydrogens (tertiary/aromatic N) is 3. The zero-order chi connectivity index (χ0) is 17.6. The van der Waals surface area contributed by atoms with Crippen LogP contribution in [0.5, 0.6) is 5.75 Å². The first-order valence-electron chi connectivity index (χ1n) is 8.24. The third-order valence-corrected chi connectivity index (χ3v) is 4.01.